The number of anilines is 1. The van der Waals surface area contributed by atoms with Crippen LogP contribution in [0.5, 0.6) is 0 Å². The summed E-state index contributed by atoms with van der Waals surface area (Å²) in [5, 5.41) is 8.40. The van der Waals surface area contributed by atoms with E-state index in [4.69, 9.17) is 5.21 Å². The van der Waals surface area contributed by atoms with Gasteiger partial charge in [-0.25, -0.2) is 9.98 Å². The van der Waals surface area contributed by atoms with Crippen molar-refractivity contribution in [3.8, 4) is 0 Å². The molecular weight excluding hydrogens is 246 g/mol. The molecule has 1 saturated heterocycles. The Morgan fingerprint density at radius 1 is 1.42 bits per heavy atom. The molecule has 0 saturated carbocycles. The molecule has 0 unspecified atom stereocenters. The fraction of sp³-hybridized carbons (Fsp3) is 0.417. The van der Waals surface area contributed by atoms with Gasteiger partial charge in [0.1, 0.15) is 12.2 Å². The molecule has 1 aliphatic heterocycles. The highest BCUT2D eigenvalue weighted by Gasteiger charge is 2.19. The molecule has 1 aromatic rings. The van der Waals surface area contributed by atoms with E-state index in [-0.39, 0.29) is 5.91 Å². The maximum absolute atomic E-state index is 11.2. The van der Waals surface area contributed by atoms with Crippen LogP contribution in [0.2, 0.25) is 0 Å². The molecule has 7 nitrogen and oxygen atoms in total. The summed E-state index contributed by atoms with van der Waals surface area (Å²) >= 11 is 0. The van der Waals surface area contributed by atoms with Crippen LogP contribution in [0.3, 0.4) is 0 Å². The topological polar surface area (TPSA) is 81.1 Å². The van der Waals surface area contributed by atoms with Crippen molar-refractivity contribution in [3.05, 3.63) is 18.3 Å². The first-order chi connectivity index (χ1) is 9.20. The van der Waals surface area contributed by atoms with Crippen molar-refractivity contribution in [3.63, 3.8) is 0 Å². The molecule has 0 spiro atoms. The largest absolute Gasteiger partial charge is 0.353 e. The first-order valence-electron chi connectivity index (χ1n) is 6.09. The van der Waals surface area contributed by atoms with Crippen LogP contribution < -0.4 is 10.4 Å². The van der Waals surface area contributed by atoms with Crippen molar-refractivity contribution >= 4 is 23.8 Å². The molecule has 2 rings (SSSR count). The molecule has 2 heterocycles. The predicted molar refractivity (Wildman–Crippen MR) is 71.8 cm³/mol. The predicted octanol–water partition coefficient (Wildman–Crippen LogP) is 0.389. The maximum atomic E-state index is 11.2. The van der Waals surface area contributed by atoms with Gasteiger partial charge in [0.15, 0.2) is 0 Å². The number of carbonyl (C=O) groups excluding carboxylic acids is 1. The Morgan fingerprint density at radius 2 is 2.16 bits per heavy atom. The van der Waals surface area contributed by atoms with Crippen molar-refractivity contribution < 1.29 is 10.0 Å². The summed E-state index contributed by atoms with van der Waals surface area (Å²) in [6.45, 7) is 4.62. The van der Waals surface area contributed by atoms with E-state index in [9.17, 15) is 4.79 Å². The molecule has 1 amide bonds. The average Bonchev–Trinajstić information content (AvgIpc) is 2.46. The van der Waals surface area contributed by atoms with Crippen molar-refractivity contribution in [2.75, 3.05) is 31.1 Å². The third kappa shape index (κ3) is 3.41. The highest BCUT2D eigenvalue weighted by molar-refractivity contribution is 5.73. The molecule has 1 fully saturated rings. The van der Waals surface area contributed by atoms with Gasteiger partial charge in [-0.2, -0.15) is 0 Å². The minimum absolute atomic E-state index is 0.119. The number of carbonyl (C=O) groups is 1. The molecule has 0 aromatic carbocycles. The Balaban J connectivity index is 1.96. The molecule has 0 radical (unpaired) electrons. The smallest absolute Gasteiger partial charge is 0.219 e. The zero-order valence-electron chi connectivity index (χ0n) is 10.8. The first-order valence-corrected chi connectivity index (χ1v) is 6.09. The lowest BCUT2D eigenvalue weighted by atomic mass is 10.3. The van der Waals surface area contributed by atoms with Crippen LogP contribution >= 0.6 is 0 Å². The minimum atomic E-state index is 0.119. The highest BCUT2D eigenvalue weighted by atomic mass is 16.5. The van der Waals surface area contributed by atoms with E-state index in [0.29, 0.717) is 5.69 Å². The first kappa shape index (κ1) is 13.3. The van der Waals surface area contributed by atoms with E-state index in [1.54, 1.807) is 13.1 Å². The van der Waals surface area contributed by atoms with Crippen LogP contribution in [-0.4, -0.2) is 53.5 Å². The van der Waals surface area contributed by atoms with Gasteiger partial charge in [0.2, 0.25) is 5.91 Å². The molecule has 0 aliphatic carbocycles. The molecule has 1 aromatic heterocycles. The van der Waals surface area contributed by atoms with Crippen molar-refractivity contribution in [2.24, 2.45) is 4.99 Å². The quantitative estimate of drug-likeness (QED) is 0.468. The van der Waals surface area contributed by atoms with Gasteiger partial charge in [0.25, 0.3) is 0 Å². The van der Waals surface area contributed by atoms with Gasteiger partial charge in [-0.3, -0.25) is 15.5 Å². The number of hydrogen-bond donors (Lipinski definition) is 2. The van der Waals surface area contributed by atoms with Gasteiger partial charge in [-0.1, -0.05) is 0 Å². The Bertz CT molecular complexity index is 452. The Morgan fingerprint density at radius 3 is 2.68 bits per heavy atom. The van der Waals surface area contributed by atoms with Gasteiger partial charge >= 0.3 is 0 Å². The van der Waals surface area contributed by atoms with E-state index >= 15 is 0 Å². The standard InChI is InChI=1S/C12H17N5O2/c1-10(18)16-4-6-17(7-5-16)12-3-2-11(8-13-12)14-9-15-19/h2-3,8-9,19H,4-7H2,1H3,(H,14,15). The van der Waals surface area contributed by atoms with E-state index < -0.39 is 0 Å². The lowest BCUT2D eigenvalue weighted by Crippen LogP contribution is -2.48. The number of aromatic nitrogens is 1. The zero-order valence-corrected chi connectivity index (χ0v) is 10.8. The number of nitrogens with one attached hydrogen (secondary N) is 1. The lowest BCUT2D eigenvalue weighted by Gasteiger charge is -2.34. The SMILES string of the molecule is CC(=O)N1CCN(c2ccc(N=CNO)cn2)CC1. The molecule has 102 valence electrons. The summed E-state index contributed by atoms with van der Waals surface area (Å²) in [6, 6.07) is 3.71. The van der Waals surface area contributed by atoms with Gasteiger partial charge in [0.05, 0.1) is 11.9 Å². The molecule has 1 aliphatic rings. The van der Waals surface area contributed by atoms with Gasteiger partial charge in [-0.05, 0) is 12.1 Å². The molecule has 2 N–H and O–H groups in total. The Labute approximate surface area is 111 Å². The molecular formula is C12H17N5O2. The van der Waals surface area contributed by atoms with Gasteiger partial charge in [-0.15, -0.1) is 0 Å². The number of hydroxylamine groups is 1. The van der Waals surface area contributed by atoms with Crippen LogP contribution in [0.1, 0.15) is 6.92 Å². The van der Waals surface area contributed by atoms with Crippen molar-refractivity contribution in [2.45, 2.75) is 6.92 Å². The van der Waals surface area contributed by atoms with Crippen LogP contribution in [0.15, 0.2) is 23.3 Å². The average molecular weight is 263 g/mol. The van der Waals surface area contributed by atoms with Crippen LogP contribution in [-0.2, 0) is 4.79 Å². The van der Waals surface area contributed by atoms with Crippen LogP contribution in [0, 0.1) is 0 Å². The third-order valence-electron chi connectivity index (χ3n) is 3.05. The Kier molecular flexibility index (Phi) is 4.30. The van der Waals surface area contributed by atoms with E-state index in [1.807, 2.05) is 22.5 Å². The Hall–Kier alpha value is -2.15. The summed E-state index contributed by atoms with van der Waals surface area (Å²) in [5.74, 6) is 0.993. The molecule has 19 heavy (non-hydrogen) atoms. The molecule has 7 heteroatoms. The summed E-state index contributed by atoms with van der Waals surface area (Å²) in [5.41, 5.74) is 2.50. The minimum Gasteiger partial charge on any atom is -0.353 e. The second kappa shape index (κ2) is 6.14. The number of hydrogen-bond acceptors (Lipinski definition) is 5. The monoisotopic (exact) mass is 263 g/mol. The fourth-order valence-electron chi connectivity index (χ4n) is 2.00. The van der Waals surface area contributed by atoms with Crippen LogP contribution in [0.4, 0.5) is 11.5 Å². The number of pyridine rings is 1. The van der Waals surface area contributed by atoms with Crippen molar-refractivity contribution in [1.82, 2.24) is 15.4 Å². The number of rotatable bonds is 3. The number of piperazine rings is 1. The summed E-state index contributed by atoms with van der Waals surface area (Å²) in [6.07, 6.45) is 2.82. The summed E-state index contributed by atoms with van der Waals surface area (Å²) in [4.78, 5) is 23.5. The number of amides is 1. The number of nitrogens with zero attached hydrogens (tertiary/aromatic N) is 4. The highest BCUT2D eigenvalue weighted by Crippen LogP contribution is 2.17. The summed E-state index contributed by atoms with van der Waals surface area (Å²) < 4.78 is 0. The normalized spacial score (nSPS) is 15.9. The second-order valence-corrected chi connectivity index (χ2v) is 4.26. The van der Waals surface area contributed by atoms with Crippen LogP contribution in [0.25, 0.3) is 0 Å². The molecule has 0 atom stereocenters. The maximum Gasteiger partial charge on any atom is 0.219 e. The fourth-order valence-corrected chi connectivity index (χ4v) is 2.00. The van der Waals surface area contributed by atoms with E-state index in [2.05, 4.69) is 14.9 Å². The van der Waals surface area contributed by atoms with E-state index in [1.165, 1.54) is 6.34 Å². The molecule has 0 bridgehead atoms. The summed E-state index contributed by atoms with van der Waals surface area (Å²) in [7, 11) is 0. The van der Waals surface area contributed by atoms with Gasteiger partial charge < -0.3 is 9.80 Å². The van der Waals surface area contributed by atoms with Crippen molar-refractivity contribution in [1.29, 1.82) is 0 Å². The zero-order chi connectivity index (χ0) is 13.7. The van der Waals surface area contributed by atoms with Gasteiger partial charge in [0, 0.05) is 33.1 Å². The lowest BCUT2D eigenvalue weighted by molar-refractivity contribution is -0.129. The third-order valence-corrected chi connectivity index (χ3v) is 3.05. The van der Waals surface area contributed by atoms with E-state index in [0.717, 1.165) is 32.0 Å². The number of aliphatic imine (C=N–C) groups is 1. The second-order valence-electron chi connectivity index (χ2n) is 4.26.